The van der Waals surface area contributed by atoms with E-state index in [-0.39, 0.29) is 23.1 Å². The lowest BCUT2D eigenvalue weighted by atomic mass is 9.80. The maximum atomic E-state index is 11.7. The van der Waals surface area contributed by atoms with Crippen molar-refractivity contribution in [3.05, 3.63) is 52.2 Å². The first kappa shape index (κ1) is 19.7. The first-order valence-corrected chi connectivity index (χ1v) is 9.17. The first-order valence-electron chi connectivity index (χ1n) is 8.80. The number of dihydropyridines is 1. The van der Waals surface area contributed by atoms with Crippen LogP contribution in [0.4, 0.5) is 0 Å². The van der Waals surface area contributed by atoms with Gasteiger partial charge in [-0.05, 0) is 59.6 Å². The Labute approximate surface area is 156 Å². The fourth-order valence-electron chi connectivity index (χ4n) is 3.38. The molecule has 0 aliphatic carbocycles. The molecular formula is C21H29ClN2O. The van der Waals surface area contributed by atoms with Crippen molar-refractivity contribution in [2.45, 2.75) is 53.5 Å². The summed E-state index contributed by atoms with van der Waals surface area (Å²) in [7, 11) is 0. The standard InChI is InChI=1S/C21H29ClN2O/c1-13-6-8-15(9-7-13)20-16(10-19(22)25)14(2)24-18(17(20)12-23)11-21(3,4)5/h6-9,14,24H,10-12,23H2,1-5H3. The average Bonchev–Trinajstić information content (AvgIpc) is 2.48. The molecule has 1 aromatic rings. The molecule has 0 saturated carbocycles. The minimum Gasteiger partial charge on any atom is -0.382 e. The van der Waals surface area contributed by atoms with Gasteiger partial charge in [0, 0.05) is 24.7 Å². The summed E-state index contributed by atoms with van der Waals surface area (Å²) < 4.78 is 0. The molecule has 0 amide bonds. The summed E-state index contributed by atoms with van der Waals surface area (Å²) in [6.07, 6.45) is 1.13. The maximum absolute atomic E-state index is 11.7. The normalized spacial score (nSPS) is 18.4. The van der Waals surface area contributed by atoms with Crippen molar-refractivity contribution >= 4 is 22.4 Å². The van der Waals surface area contributed by atoms with E-state index >= 15 is 0 Å². The van der Waals surface area contributed by atoms with Crippen molar-refractivity contribution in [1.82, 2.24) is 5.32 Å². The third-order valence-corrected chi connectivity index (χ3v) is 4.62. The molecule has 3 N–H and O–H groups in total. The van der Waals surface area contributed by atoms with Crippen LogP contribution >= 0.6 is 11.6 Å². The van der Waals surface area contributed by atoms with Gasteiger partial charge in [-0.15, -0.1) is 0 Å². The zero-order valence-corrected chi connectivity index (χ0v) is 16.6. The lowest BCUT2D eigenvalue weighted by Gasteiger charge is -2.35. The summed E-state index contributed by atoms with van der Waals surface area (Å²) in [5, 5.41) is 3.23. The molecule has 1 aliphatic heterocycles. The second-order valence-electron chi connectivity index (χ2n) is 8.06. The minimum absolute atomic E-state index is 0.0478. The number of aryl methyl sites for hydroxylation is 1. The van der Waals surface area contributed by atoms with Crippen molar-refractivity contribution in [2.75, 3.05) is 6.54 Å². The lowest BCUT2D eigenvalue weighted by molar-refractivity contribution is -0.111. The van der Waals surface area contributed by atoms with Gasteiger partial charge in [0.2, 0.25) is 5.24 Å². The van der Waals surface area contributed by atoms with Crippen LogP contribution in [0.15, 0.2) is 41.1 Å². The van der Waals surface area contributed by atoms with Gasteiger partial charge in [0.1, 0.15) is 0 Å². The topological polar surface area (TPSA) is 55.1 Å². The molecule has 0 aromatic heterocycles. The van der Waals surface area contributed by atoms with E-state index in [9.17, 15) is 4.79 Å². The Kier molecular flexibility index (Phi) is 6.12. The molecule has 0 fully saturated rings. The number of hydrogen-bond acceptors (Lipinski definition) is 3. The molecule has 1 aromatic carbocycles. The monoisotopic (exact) mass is 360 g/mol. The minimum atomic E-state index is -0.344. The zero-order valence-electron chi connectivity index (χ0n) is 15.9. The quantitative estimate of drug-likeness (QED) is 0.757. The highest BCUT2D eigenvalue weighted by Crippen LogP contribution is 2.38. The largest absolute Gasteiger partial charge is 0.382 e. The van der Waals surface area contributed by atoms with Crippen LogP contribution in [0, 0.1) is 12.3 Å². The Morgan fingerprint density at radius 3 is 2.32 bits per heavy atom. The zero-order chi connectivity index (χ0) is 18.8. The molecular weight excluding hydrogens is 332 g/mol. The number of halogens is 1. The second kappa shape index (κ2) is 7.76. The fourth-order valence-corrected chi connectivity index (χ4v) is 3.53. The van der Waals surface area contributed by atoms with Crippen LogP contribution in [0.2, 0.25) is 0 Å². The van der Waals surface area contributed by atoms with Gasteiger partial charge in [-0.1, -0.05) is 50.6 Å². The molecule has 1 unspecified atom stereocenters. The second-order valence-corrected chi connectivity index (χ2v) is 8.48. The maximum Gasteiger partial charge on any atom is 0.225 e. The predicted octanol–water partition coefficient (Wildman–Crippen LogP) is 4.54. The molecule has 4 heteroatoms. The number of nitrogens with one attached hydrogen (secondary N) is 1. The van der Waals surface area contributed by atoms with Gasteiger partial charge in [0.05, 0.1) is 0 Å². The summed E-state index contributed by atoms with van der Waals surface area (Å²) in [6, 6.07) is 8.43. The molecule has 0 bridgehead atoms. The molecule has 2 rings (SSSR count). The van der Waals surface area contributed by atoms with E-state index in [0.717, 1.165) is 28.7 Å². The molecule has 0 radical (unpaired) electrons. The number of rotatable bonds is 5. The van der Waals surface area contributed by atoms with Crippen LogP contribution in [-0.4, -0.2) is 17.8 Å². The van der Waals surface area contributed by atoms with Crippen LogP contribution in [0.1, 0.15) is 51.7 Å². The number of carbonyl (C=O) groups excluding carboxylic acids is 1. The number of hydrogen-bond donors (Lipinski definition) is 2. The van der Waals surface area contributed by atoms with E-state index in [4.69, 9.17) is 17.3 Å². The van der Waals surface area contributed by atoms with Crippen molar-refractivity contribution in [2.24, 2.45) is 11.1 Å². The molecule has 0 saturated heterocycles. The highest BCUT2D eigenvalue weighted by molar-refractivity contribution is 6.63. The lowest BCUT2D eigenvalue weighted by Crippen LogP contribution is -2.36. The summed E-state index contributed by atoms with van der Waals surface area (Å²) in [6.45, 7) is 11.2. The molecule has 0 spiro atoms. The van der Waals surface area contributed by atoms with Gasteiger partial charge in [-0.2, -0.15) is 0 Å². The van der Waals surface area contributed by atoms with Gasteiger partial charge in [0.25, 0.3) is 0 Å². The molecule has 1 aliphatic rings. The predicted molar refractivity (Wildman–Crippen MR) is 106 cm³/mol. The molecule has 136 valence electrons. The number of benzene rings is 1. The third kappa shape index (κ3) is 4.96. The molecule has 1 atom stereocenters. The highest BCUT2D eigenvalue weighted by atomic mass is 35.5. The summed E-state index contributed by atoms with van der Waals surface area (Å²) in [5.41, 5.74) is 13.0. The van der Waals surface area contributed by atoms with Crippen molar-refractivity contribution in [3.8, 4) is 0 Å². The van der Waals surface area contributed by atoms with Crippen LogP contribution < -0.4 is 11.1 Å². The van der Waals surface area contributed by atoms with Crippen molar-refractivity contribution < 1.29 is 4.79 Å². The van der Waals surface area contributed by atoms with Gasteiger partial charge < -0.3 is 11.1 Å². The molecule has 1 heterocycles. The van der Waals surface area contributed by atoms with Crippen LogP contribution in [0.5, 0.6) is 0 Å². The number of carbonyl (C=O) groups is 1. The Morgan fingerprint density at radius 2 is 1.84 bits per heavy atom. The van der Waals surface area contributed by atoms with Crippen LogP contribution in [-0.2, 0) is 4.79 Å². The fraction of sp³-hybridized carbons (Fsp3) is 0.476. The first-order chi connectivity index (χ1) is 11.6. The number of allylic oxidation sites excluding steroid dienone is 1. The Balaban J connectivity index is 2.67. The molecule has 3 nitrogen and oxygen atoms in total. The number of nitrogens with two attached hydrogens (primary N) is 1. The Bertz CT molecular complexity index is 708. The Hall–Kier alpha value is -1.58. The van der Waals surface area contributed by atoms with Crippen molar-refractivity contribution in [1.29, 1.82) is 0 Å². The summed E-state index contributed by atoms with van der Waals surface area (Å²) in [5.74, 6) is 0. The summed E-state index contributed by atoms with van der Waals surface area (Å²) >= 11 is 5.74. The molecule has 25 heavy (non-hydrogen) atoms. The van der Waals surface area contributed by atoms with Gasteiger partial charge in [-0.3, -0.25) is 4.79 Å². The van der Waals surface area contributed by atoms with E-state index in [1.165, 1.54) is 11.3 Å². The van der Waals surface area contributed by atoms with E-state index in [2.05, 4.69) is 64.2 Å². The highest BCUT2D eigenvalue weighted by Gasteiger charge is 2.29. The van der Waals surface area contributed by atoms with Gasteiger partial charge in [-0.25, -0.2) is 0 Å². The van der Waals surface area contributed by atoms with Gasteiger partial charge in [0.15, 0.2) is 0 Å². The van der Waals surface area contributed by atoms with Crippen LogP contribution in [0.25, 0.3) is 5.57 Å². The van der Waals surface area contributed by atoms with E-state index in [0.29, 0.717) is 6.54 Å². The van der Waals surface area contributed by atoms with E-state index in [1.54, 1.807) is 0 Å². The van der Waals surface area contributed by atoms with E-state index in [1.807, 2.05) is 0 Å². The third-order valence-electron chi connectivity index (χ3n) is 4.48. The van der Waals surface area contributed by atoms with Gasteiger partial charge >= 0.3 is 0 Å². The smallest absolute Gasteiger partial charge is 0.225 e. The summed E-state index contributed by atoms with van der Waals surface area (Å²) in [4.78, 5) is 11.7. The van der Waals surface area contributed by atoms with Crippen molar-refractivity contribution in [3.63, 3.8) is 0 Å². The average molecular weight is 361 g/mol. The van der Waals surface area contributed by atoms with Crippen LogP contribution in [0.3, 0.4) is 0 Å². The van der Waals surface area contributed by atoms with E-state index < -0.39 is 0 Å². The Morgan fingerprint density at radius 1 is 1.24 bits per heavy atom. The SMILES string of the molecule is Cc1ccc(C2=C(CC(=O)Cl)C(C)NC(CC(C)(C)C)=C2CN)cc1.